The first-order valence-corrected chi connectivity index (χ1v) is 10.3. The molecule has 27 heavy (non-hydrogen) atoms. The van der Waals surface area contributed by atoms with E-state index in [0.29, 0.717) is 13.0 Å². The van der Waals surface area contributed by atoms with Gasteiger partial charge in [-0.15, -0.1) is 0 Å². The second kappa shape index (κ2) is 6.91. The van der Waals surface area contributed by atoms with Crippen molar-refractivity contribution in [3.8, 4) is 0 Å². The van der Waals surface area contributed by atoms with E-state index < -0.39 is 17.8 Å². The van der Waals surface area contributed by atoms with Gasteiger partial charge in [-0.3, -0.25) is 19.3 Å². The highest BCUT2D eigenvalue weighted by molar-refractivity contribution is 6.45. The Balaban J connectivity index is 1.33. The third-order valence-corrected chi connectivity index (χ3v) is 7.00. The Morgan fingerprint density at radius 2 is 1.56 bits per heavy atom. The second-order valence-electron chi connectivity index (χ2n) is 9.18. The van der Waals surface area contributed by atoms with Crippen molar-refractivity contribution in [2.45, 2.75) is 58.3 Å². The predicted molar refractivity (Wildman–Crippen MR) is 97.3 cm³/mol. The Labute approximate surface area is 159 Å². The topological polar surface area (TPSA) is 86.8 Å². The summed E-state index contributed by atoms with van der Waals surface area (Å²) in [7, 11) is 0. The zero-order chi connectivity index (χ0) is 19.2. The van der Waals surface area contributed by atoms with Crippen LogP contribution in [-0.2, 0) is 14.4 Å². The van der Waals surface area contributed by atoms with E-state index in [2.05, 4.69) is 5.32 Å². The first kappa shape index (κ1) is 18.4. The molecule has 1 N–H and O–H groups in total. The first-order valence-electron chi connectivity index (χ1n) is 10.3. The molecule has 4 bridgehead atoms. The minimum absolute atomic E-state index is 0.201. The van der Waals surface area contributed by atoms with Crippen LogP contribution in [0.2, 0.25) is 0 Å². The van der Waals surface area contributed by atoms with Gasteiger partial charge in [-0.2, -0.15) is 0 Å². The summed E-state index contributed by atoms with van der Waals surface area (Å²) in [5, 5.41) is 2.97. The Kier molecular flexibility index (Phi) is 4.72. The maximum absolute atomic E-state index is 12.4. The monoisotopic (exact) mass is 375 g/mol. The minimum atomic E-state index is -0.888. The molecule has 5 rings (SSSR count). The summed E-state index contributed by atoms with van der Waals surface area (Å²) in [6.45, 7) is 2.44. The number of unbranched alkanes of at least 4 members (excludes halogenated alkanes) is 1. The van der Waals surface area contributed by atoms with Crippen molar-refractivity contribution in [3.05, 3.63) is 0 Å². The Bertz CT molecular complexity index is 639. The number of nitrogens with zero attached hydrogens (tertiary/aromatic N) is 2. The molecule has 7 heteroatoms. The van der Waals surface area contributed by atoms with Gasteiger partial charge in [0, 0.05) is 13.1 Å². The molecule has 148 valence electrons. The average molecular weight is 375 g/mol. The van der Waals surface area contributed by atoms with Crippen LogP contribution in [0.4, 0.5) is 4.79 Å². The minimum Gasteiger partial charge on any atom is -0.354 e. The van der Waals surface area contributed by atoms with Crippen molar-refractivity contribution in [1.82, 2.24) is 15.1 Å². The first-order chi connectivity index (χ1) is 12.9. The number of carbonyl (C=O) groups excluding carboxylic acids is 4. The molecule has 7 nitrogen and oxygen atoms in total. The van der Waals surface area contributed by atoms with Gasteiger partial charge < -0.3 is 5.32 Å². The smallest absolute Gasteiger partial charge is 0.334 e. The largest absolute Gasteiger partial charge is 0.354 e. The van der Waals surface area contributed by atoms with Crippen LogP contribution >= 0.6 is 0 Å². The molecule has 0 radical (unpaired) electrons. The number of hydrogen-bond acceptors (Lipinski definition) is 4. The molecule has 0 unspecified atom stereocenters. The number of hydrogen-bond donors (Lipinski definition) is 1. The molecular weight excluding hydrogens is 346 g/mol. The SMILES string of the molecule is CCCCN1C(=O)C(=O)N(CC(=O)NCC23CC4CC(CC(C4)C2)C3)C1=O. The summed E-state index contributed by atoms with van der Waals surface area (Å²) in [6.07, 6.45) is 9.06. The fourth-order valence-electron chi connectivity index (χ4n) is 6.20. The van der Waals surface area contributed by atoms with Gasteiger partial charge in [-0.05, 0) is 68.1 Å². The maximum Gasteiger partial charge on any atom is 0.334 e. The summed E-state index contributed by atoms with van der Waals surface area (Å²) >= 11 is 0. The fourth-order valence-corrected chi connectivity index (χ4v) is 6.20. The highest BCUT2D eigenvalue weighted by Crippen LogP contribution is 2.59. The van der Waals surface area contributed by atoms with Gasteiger partial charge in [0.05, 0.1) is 0 Å². The molecule has 0 aromatic carbocycles. The standard InChI is InChI=1S/C20H29N3O4/c1-2-3-4-22-17(25)18(26)23(19(22)27)11-16(24)21-12-20-8-13-5-14(9-20)7-15(6-13)10-20/h13-15H,2-12H2,1H3,(H,21,24). The Hall–Kier alpha value is -1.92. The van der Waals surface area contributed by atoms with Crippen molar-refractivity contribution >= 4 is 23.8 Å². The maximum atomic E-state index is 12.4. The van der Waals surface area contributed by atoms with E-state index in [1.165, 1.54) is 38.5 Å². The van der Waals surface area contributed by atoms with Gasteiger partial charge in [0.2, 0.25) is 5.91 Å². The zero-order valence-corrected chi connectivity index (χ0v) is 16.0. The number of urea groups is 1. The van der Waals surface area contributed by atoms with E-state index in [1.54, 1.807) is 0 Å². The van der Waals surface area contributed by atoms with Crippen LogP contribution in [0.3, 0.4) is 0 Å². The van der Waals surface area contributed by atoms with Gasteiger partial charge >= 0.3 is 17.8 Å². The molecule has 1 saturated heterocycles. The third kappa shape index (κ3) is 3.36. The van der Waals surface area contributed by atoms with Crippen molar-refractivity contribution in [3.63, 3.8) is 0 Å². The molecule has 1 heterocycles. The zero-order valence-electron chi connectivity index (χ0n) is 16.0. The molecule has 0 aromatic heterocycles. The molecule has 0 spiro atoms. The summed E-state index contributed by atoms with van der Waals surface area (Å²) in [4.78, 5) is 50.6. The van der Waals surface area contributed by atoms with E-state index >= 15 is 0 Å². The third-order valence-electron chi connectivity index (χ3n) is 7.00. The lowest BCUT2D eigenvalue weighted by Gasteiger charge is -2.56. The normalized spacial score (nSPS) is 34.7. The van der Waals surface area contributed by atoms with Gasteiger partial charge in [0.1, 0.15) is 6.54 Å². The number of imide groups is 2. The highest BCUT2D eigenvalue weighted by atomic mass is 16.2. The average Bonchev–Trinajstić information content (AvgIpc) is 2.81. The Morgan fingerprint density at radius 1 is 1.00 bits per heavy atom. The molecule has 5 aliphatic rings. The van der Waals surface area contributed by atoms with E-state index in [1.807, 2.05) is 6.92 Å². The number of rotatable bonds is 7. The van der Waals surface area contributed by atoms with E-state index in [4.69, 9.17) is 0 Å². The van der Waals surface area contributed by atoms with Gasteiger partial charge in [-0.25, -0.2) is 9.69 Å². The van der Waals surface area contributed by atoms with E-state index in [-0.39, 0.29) is 24.4 Å². The molecule has 4 aliphatic carbocycles. The van der Waals surface area contributed by atoms with Crippen LogP contribution in [0.5, 0.6) is 0 Å². The number of nitrogens with one attached hydrogen (secondary N) is 1. The van der Waals surface area contributed by atoms with Crippen molar-refractivity contribution in [1.29, 1.82) is 0 Å². The van der Waals surface area contributed by atoms with Gasteiger partial charge in [0.15, 0.2) is 0 Å². The number of amides is 5. The lowest BCUT2D eigenvalue weighted by Crippen LogP contribution is -2.52. The van der Waals surface area contributed by atoms with Crippen LogP contribution < -0.4 is 5.32 Å². The number of carbonyl (C=O) groups is 4. The molecule has 1 aliphatic heterocycles. The van der Waals surface area contributed by atoms with Crippen LogP contribution in [-0.4, -0.2) is 53.2 Å². The van der Waals surface area contributed by atoms with E-state index in [0.717, 1.165) is 34.0 Å². The lowest BCUT2D eigenvalue weighted by molar-refractivity contribution is -0.144. The molecular formula is C20H29N3O4. The summed E-state index contributed by atoms with van der Waals surface area (Å²) in [5.74, 6) is 0.361. The predicted octanol–water partition coefficient (Wildman–Crippen LogP) is 1.91. The molecule has 4 saturated carbocycles. The summed E-state index contributed by atoms with van der Waals surface area (Å²) in [6, 6.07) is -0.664. The highest BCUT2D eigenvalue weighted by Gasteiger charge is 2.51. The van der Waals surface area contributed by atoms with Crippen LogP contribution in [0.25, 0.3) is 0 Å². The molecule has 5 fully saturated rings. The summed E-state index contributed by atoms with van der Waals surface area (Å²) < 4.78 is 0. The Morgan fingerprint density at radius 3 is 2.11 bits per heavy atom. The van der Waals surface area contributed by atoms with Gasteiger partial charge in [0.25, 0.3) is 0 Å². The van der Waals surface area contributed by atoms with E-state index in [9.17, 15) is 19.2 Å². The van der Waals surface area contributed by atoms with Crippen molar-refractivity contribution < 1.29 is 19.2 Å². The van der Waals surface area contributed by atoms with Gasteiger partial charge in [-0.1, -0.05) is 13.3 Å². The van der Waals surface area contributed by atoms with Crippen LogP contribution in [0, 0.1) is 23.2 Å². The molecule has 0 aromatic rings. The van der Waals surface area contributed by atoms with Crippen molar-refractivity contribution in [2.75, 3.05) is 19.6 Å². The van der Waals surface area contributed by atoms with Crippen LogP contribution in [0.1, 0.15) is 58.3 Å². The van der Waals surface area contributed by atoms with Crippen LogP contribution in [0.15, 0.2) is 0 Å². The molecule has 0 atom stereocenters. The second-order valence-corrected chi connectivity index (χ2v) is 9.18. The quantitative estimate of drug-likeness (QED) is 0.544. The lowest BCUT2D eigenvalue weighted by atomic mass is 9.49. The molecule has 5 amide bonds. The summed E-state index contributed by atoms with van der Waals surface area (Å²) in [5.41, 5.74) is 0.201. The van der Waals surface area contributed by atoms with Crippen molar-refractivity contribution in [2.24, 2.45) is 23.2 Å². The fraction of sp³-hybridized carbons (Fsp3) is 0.800.